The molecule has 0 fully saturated rings. The number of esters is 1. The average molecular weight is 537 g/mol. The molecular weight excluding hydrogens is 509 g/mol. The molecule has 3 rings (SSSR count). The highest BCUT2D eigenvalue weighted by molar-refractivity contribution is 6.12. The summed E-state index contributed by atoms with van der Waals surface area (Å²) in [7, 11) is 4.74. The van der Waals surface area contributed by atoms with Crippen molar-refractivity contribution in [3.8, 4) is 17.2 Å². The van der Waals surface area contributed by atoms with Gasteiger partial charge in [0.2, 0.25) is 5.75 Å². The van der Waals surface area contributed by atoms with E-state index in [0.717, 1.165) is 29.7 Å². The highest BCUT2D eigenvalue weighted by Gasteiger charge is 2.70. The summed E-state index contributed by atoms with van der Waals surface area (Å²) >= 11 is 0. The number of hydrogen-bond donors (Lipinski definition) is 1. The largest absolute Gasteiger partial charge is 0.493 e. The standard InChI is InChI=1S/C26H27F3N2O7/c1-15-20(23(33)38-5)25(26(27,28)29,24(34)31(15)12-11-16-9-7-6-8-10-16)30-22(32)17-13-18(35-2)21(37-4)19(14-17)36-3/h6-10,13-14H,11-12H2,1-5H3,(H,30,32). The molecule has 1 N–H and O–H groups in total. The lowest BCUT2D eigenvalue weighted by Gasteiger charge is -2.33. The van der Waals surface area contributed by atoms with Crippen LogP contribution in [0.4, 0.5) is 13.2 Å². The first-order valence-electron chi connectivity index (χ1n) is 11.3. The molecule has 2 aromatic rings. The van der Waals surface area contributed by atoms with Gasteiger partial charge in [0.15, 0.2) is 11.5 Å². The summed E-state index contributed by atoms with van der Waals surface area (Å²) in [6.07, 6.45) is -5.21. The molecule has 0 aromatic heterocycles. The lowest BCUT2D eigenvalue weighted by Crippen LogP contribution is -2.66. The van der Waals surface area contributed by atoms with Gasteiger partial charge in [-0.1, -0.05) is 30.3 Å². The molecule has 2 aromatic carbocycles. The minimum atomic E-state index is -5.41. The molecule has 1 aliphatic heterocycles. The third kappa shape index (κ3) is 4.85. The molecule has 0 aliphatic carbocycles. The van der Waals surface area contributed by atoms with Crippen LogP contribution in [0.1, 0.15) is 22.8 Å². The number of hydrogen-bond acceptors (Lipinski definition) is 7. The number of nitrogens with zero attached hydrogens (tertiary/aromatic N) is 1. The van der Waals surface area contributed by atoms with Gasteiger partial charge >= 0.3 is 12.1 Å². The van der Waals surface area contributed by atoms with Crippen LogP contribution in [0.5, 0.6) is 17.2 Å². The van der Waals surface area contributed by atoms with Crippen molar-refractivity contribution < 1.29 is 46.5 Å². The Labute approximate surface area is 217 Å². The fourth-order valence-corrected chi connectivity index (χ4v) is 4.33. The number of nitrogens with one attached hydrogen (secondary N) is 1. The number of amides is 2. The molecule has 1 atom stereocenters. The highest BCUT2D eigenvalue weighted by Crippen LogP contribution is 2.46. The van der Waals surface area contributed by atoms with E-state index in [1.54, 1.807) is 35.6 Å². The van der Waals surface area contributed by atoms with E-state index in [1.807, 2.05) is 0 Å². The van der Waals surface area contributed by atoms with Gasteiger partial charge in [0, 0.05) is 17.8 Å². The predicted octanol–water partition coefficient (Wildman–Crippen LogP) is 3.28. The summed E-state index contributed by atoms with van der Waals surface area (Å²) < 4.78 is 64.7. The molecule has 1 unspecified atom stereocenters. The van der Waals surface area contributed by atoms with Gasteiger partial charge in [-0.25, -0.2) is 4.79 Å². The summed E-state index contributed by atoms with van der Waals surface area (Å²) in [6, 6.07) is 11.0. The van der Waals surface area contributed by atoms with E-state index in [2.05, 4.69) is 4.74 Å². The first-order chi connectivity index (χ1) is 18.0. The number of ether oxygens (including phenoxy) is 4. The van der Waals surface area contributed by atoms with Crippen molar-refractivity contribution in [2.75, 3.05) is 35.0 Å². The Morgan fingerprint density at radius 1 is 0.974 bits per heavy atom. The lowest BCUT2D eigenvalue weighted by molar-refractivity contribution is -0.192. The normalized spacial score (nSPS) is 17.4. The average Bonchev–Trinajstić information content (AvgIpc) is 3.12. The van der Waals surface area contributed by atoms with E-state index < -0.39 is 35.1 Å². The molecular formula is C26H27F3N2O7. The fraction of sp³-hybridized carbons (Fsp3) is 0.346. The van der Waals surface area contributed by atoms with Crippen molar-refractivity contribution in [3.05, 3.63) is 64.9 Å². The molecule has 0 saturated carbocycles. The molecule has 12 heteroatoms. The second-order valence-electron chi connectivity index (χ2n) is 8.26. The van der Waals surface area contributed by atoms with Gasteiger partial charge in [-0.2, -0.15) is 13.2 Å². The van der Waals surface area contributed by atoms with Crippen molar-refractivity contribution in [2.24, 2.45) is 0 Å². The molecule has 0 radical (unpaired) electrons. The Bertz CT molecular complexity index is 1240. The van der Waals surface area contributed by atoms with E-state index in [9.17, 15) is 27.6 Å². The predicted molar refractivity (Wildman–Crippen MR) is 129 cm³/mol. The van der Waals surface area contributed by atoms with Crippen LogP contribution in [0.3, 0.4) is 0 Å². The van der Waals surface area contributed by atoms with Gasteiger partial charge in [-0.15, -0.1) is 0 Å². The summed E-state index contributed by atoms with van der Waals surface area (Å²) in [4.78, 5) is 40.3. The van der Waals surface area contributed by atoms with Crippen molar-refractivity contribution in [1.82, 2.24) is 10.2 Å². The van der Waals surface area contributed by atoms with E-state index in [-0.39, 0.29) is 41.5 Å². The Kier molecular flexibility index (Phi) is 8.23. The second kappa shape index (κ2) is 11.0. The monoisotopic (exact) mass is 536 g/mol. The van der Waals surface area contributed by atoms with Crippen LogP contribution >= 0.6 is 0 Å². The summed E-state index contributed by atoms with van der Waals surface area (Å²) in [5, 5.41) is 1.80. The number of allylic oxidation sites excluding steroid dienone is 1. The van der Waals surface area contributed by atoms with Crippen LogP contribution in [-0.4, -0.2) is 69.4 Å². The van der Waals surface area contributed by atoms with E-state index in [4.69, 9.17) is 14.2 Å². The van der Waals surface area contributed by atoms with Gasteiger partial charge in [0.05, 0.1) is 28.4 Å². The van der Waals surface area contributed by atoms with Crippen molar-refractivity contribution in [2.45, 2.75) is 25.1 Å². The van der Waals surface area contributed by atoms with E-state index in [0.29, 0.717) is 0 Å². The third-order valence-electron chi connectivity index (χ3n) is 6.22. The molecule has 2 amide bonds. The topological polar surface area (TPSA) is 103 Å². The van der Waals surface area contributed by atoms with Gasteiger partial charge in [0.25, 0.3) is 17.4 Å². The zero-order valence-corrected chi connectivity index (χ0v) is 21.4. The van der Waals surface area contributed by atoms with Gasteiger partial charge in [0.1, 0.15) is 5.57 Å². The third-order valence-corrected chi connectivity index (χ3v) is 6.22. The highest BCUT2D eigenvalue weighted by atomic mass is 19.4. The summed E-state index contributed by atoms with van der Waals surface area (Å²) in [5.74, 6) is -4.14. The SMILES string of the molecule is COC(=O)C1=C(C)N(CCc2ccccc2)C(=O)C1(NC(=O)c1cc(OC)c(OC)c(OC)c1)C(F)(F)F. The molecule has 1 aliphatic rings. The van der Waals surface area contributed by atoms with Crippen LogP contribution in [0.25, 0.3) is 0 Å². The minimum Gasteiger partial charge on any atom is -0.493 e. The Morgan fingerprint density at radius 3 is 2.03 bits per heavy atom. The Balaban J connectivity index is 2.11. The van der Waals surface area contributed by atoms with Crippen LogP contribution in [0.15, 0.2) is 53.7 Å². The van der Waals surface area contributed by atoms with Crippen LogP contribution < -0.4 is 19.5 Å². The first kappa shape index (κ1) is 28.4. The second-order valence-corrected chi connectivity index (χ2v) is 8.26. The molecule has 0 bridgehead atoms. The van der Waals surface area contributed by atoms with Crippen LogP contribution in [0.2, 0.25) is 0 Å². The summed E-state index contributed by atoms with van der Waals surface area (Å²) in [6.45, 7) is 1.03. The number of methoxy groups -OCH3 is 4. The first-order valence-corrected chi connectivity index (χ1v) is 11.3. The summed E-state index contributed by atoms with van der Waals surface area (Å²) in [5.41, 5.74) is -4.57. The van der Waals surface area contributed by atoms with Crippen molar-refractivity contribution in [1.29, 1.82) is 0 Å². The maximum atomic E-state index is 14.8. The number of halogens is 3. The lowest BCUT2D eigenvalue weighted by atomic mass is 9.88. The Morgan fingerprint density at radius 2 is 1.55 bits per heavy atom. The van der Waals surface area contributed by atoms with Gasteiger partial charge in [-0.3, -0.25) is 9.59 Å². The smallest absolute Gasteiger partial charge is 0.425 e. The zero-order chi connectivity index (χ0) is 28.3. The maximum absolute atomic E-state index is 14.8. The van der Waals surface area contributed by atoms with Gasteiger partial charge < -0.3 is 29.2 Å². The zero-order valence-electron chi connectivity index (χ0n) is 21.4. The van der Waals surface area contributed by atoms with Gasteiger partial charge in [-0.05, 0) is 31.0 Å². The number of alkyl halides is 3. The molecule has 0 saturated heterocycles. The fourth-order valence-electron chi connectivity index (χ4n) is 4.33. The quantitative estimate of drug-likeness (QED) is 0.491. The number of carbonyl (C=O) groups is 3. The molecule has 9 nitrogen and oxygen atoms in total. The minimum absolute atomic E-state index is 0.000193. The number of carbonyl (C=O) groups excluding carboxylic acids is 3. The Hall–Kier alpha value is -4.22. The molecule has 1 heterocycles. The molecule has 204 valence electrons. The van der Waals surface area contributed by atoms with E-state index >= 15 is 0 Å². The molecule has 0 spiro atoms. The van der Waals surface area contributed by atoms with Crippen molar-refractivity contribution in [3.63, 3.8) is 0 Å². The molecule has 38 heavy (non-hydrogen) atoms. The number of rotatable bonds is 9. The van der Waals surface area contributed by atoms with E-state index in [1.165, 1.54) is 28.3 Å². The van der Waals surface area contributed by atoms with Crippen LogP contribution in [-0.2, 0) is 20.7 Å². The van der Waals surface area contributed by atoms with Crippen LogP contribution in [0, 0.1) is 0 Å². The van der Waals surface area contributed by atoms with Crippen molar-refractivity contribution >= 4 is 17.8 Å². The maximum Gasteiger partial charge on any atom is 0.425 e. The number of benzene rings is 2.